The van der Waals surface area contributed by atoms with Crippen molar-refractivity contribution in [3.8, 4) is 0 Å². The predicted molar refractivity (Wildman–Crippen MR) is 75.5 cm³/mol. The van der Waals surface area contributed by atoms with Crippen molar-refractivity contribution in [1.82, 2.24) is 0 Å². The van der Waals surface area contributed by atoms with Crippen LogP contribution in [-0.4, -0.2) is 42.5 Å². The standard InChI is InChI=1S/C6H14N2O2.C6H14N2O/c7-4-2-1-3-5(8)6(9)10;7-4-2-1-3-6(8)5-9/h5H,1-4,7-8H2,(H,9,10);5-6H,1-4,7-8H2/t5-;6-/m00/s1. The summed E-state index contributed by atoms with van der Waals surface area (Å²) < 4.78 is 0. The van der Waals surface area contributed by atoms with Gasteiger partial charge >= 0.3 is 5.97 Å². The van der Waals surface area contributed by atoms with Gasteiger partial charge in [-0.25, -0.2) is 0 Å². The van der Waals surface area contributed by atoms with Crippen LogP contribution in [0.25, 0.3) is 0 Å². The molecule has 0 aromatic heterocycles. The maximum absolute atomic E-state index is 10.1. The van der Waals surface area contributed by atoms with Crippen LogP contribution in [0.1, 0.15) is 38.5 Å². The molecule has 0 bridgehead atoms. The zero-order valence-electron chi connectivity index (χ0n) is 11.5. The van der Waals surface area contributed by atoms with E-state index in [2.05, 4.69) is 0 Å². The third kappa shape index (κ3) is 17.0. The van der Waals surface area contributed by atoms with Gasteiger partial charge in [0.25, 0.3) is 0 Å². The minimum Gasteiger partial charge on any atom is -0.480 e. The Hall–Kier alpha value is -1.02. The van der Waals surface area contributed by atoms with Crippen LogP contribution >= 0.6 is 0 Å². The lowest BCUT2D eigenvalue weighted by Gasteiger charge is -2.03. The van der Waals surface area contributed by atoms with Crippen molar-refractivity contribution in [3.05, 3.63) is 0 Å². The van der Waals surface area contributed by atoms with Crippen molar-refractivity contribution in [2.75, 3.05) is 13.1 Å². The van der Waals surface area contributed by atoms with Gasteiger partial charge in [0, 0.05) is 0 Å². The second-order valence-corrected chi connectivity index (χ2v) is 4.31. The summed E-state index contributed by atoms with van der Waals surface area (Å²) in [6, 6.07) is -0.997. The Kier molecular flexibility index (Phi) is 16.1. The molecule has 7 heteroatoms. The normalized spacial score (nSPS) is 13.1. The van der Waals surface area contributed by atoms with Crippen molar-refractivity contribution < 1.29 is 14.7 Å². The Labute approximate surface area is 114 Å². The Bertz CT molecular complexity index is 227. The van der Waals surface area contributed by atoms with Gasteiger partial charge in [-0.05, 0) is 38.8 Å². The molecule has 9 N–H and O–H groups in total. The molecule has 0 aliphatic carbocycles. The summed E-state index contributed by atoms with van der Waals surface area (Å²) in [6.45, 7) is 1.29. The van der Waals surface area contributed by atoms with Gasteiger partial charge in [0.05, 0.1) is 6.04 Å². The number of carbonyl (C=O) groups excluding carboxylic acids is 1. The molecule has 0 aliphatic rings. The van der Waals surface area contributed by atoms with Gasteiger partial charge in [0.15, 0.2) is 0 Å². The summed E-state index contributed by atoms with van der Waals surface area (Å²) in [5.74, 6) is -0.933. The topological polar surface area (TPSA) is 158 Å². The molecular formula is C12H28N4O3. The van der Waals surface area contributed by atoms with Gasteiger partial charge in [0.1, 0.15) is 12.3 Å². The monoisotopic (exact) mass is 276 g/mol. The van der Waals surface area contributed by atoms with Crippen LogP contribution in [0.3, 0.4) is 0 Å². The van der Waals surface area contributed by atoms with Crippen LogP contribution in [-0.2, 0) is 9.59 Å². The molecular weight excluding hydrogens is 248 g/mol. The summed E-state index contributed by atoms with van der Waals surface area (Å²) in [4.78, 5) is 20.1. The van der Waals surface area contributed by atoms with E-state index in [0.717, 1.165) is 38.4 Å². The van der Waals surface area contributed by atoms with Crippen molar-refractivity contribution in [2.24, 2.45) is 22.9 Å². The first-order chi connectivity index (χ1) is 8.99. The fraction of sp³-hybridized carbons (Fsp3) is 0.833. The van der Waals surface area contributed by atoms with E-state index in [1.165, 1.54) is 0 Å². The molecule has 0 fully saturated rings. The molecule has 114 valence electrons. The molecule has 0 saturated carbocycles. The smallest absolute Gasteiger partial charge is 0.320 e. The lowest BCUT2D eigenvalue weighted by atomic mass is 10.1. The molecule has 0 spiro atoms. The zero-order chi connectivity index (χ0) is 15.1. The number of carboxylic acid groups (broad SMARTS) is 1. The number of nitrogens with two attached hydrogens (primary N) is 4. The molecule has 0 saturated heterocycles. The fourth-order valence-corrected chi connectivity index (χ4v) is 1.22. The predicted octanol–water partition coefficient (Wildman–Crippen LogP) is -0.831. The van der Waals surface area contributed by atoms with Crippen LogP contribution in [0.5, 0.6) is 0 Å². The minimum atomic E-state index is -0.933. The third-order valence-electron chi connectivity index (χ3n) is 2.45. The number of carbonyl (C=O) groups is 2. The van der Waals surface area contributed by atoms with Crippen LogP contribution < -0.4 is 22.9 Å². The molecule has 0 rings (SSSR count). The van der Waals surface area contributed by atoms with E-state index in [-0.39, 0.29) is 6.04 Å². The lowest BCUT2D eigenvalue weighted by molar-refractivity contribution is -0.138. The van der Waals surface area contributed by atoms with Gasteiger partial charge in [0.2, 0.25) is 0 Å². The third-order valence-corrected chi connectivity index (χ3v) is 2.45. The largest absolute Gasteiger partial charge is 0.480 e. The lowest BCUT2D eigenvalue weighted by Crippen LogP contribution is -2.29. The number of carboxylic acids is 1. The van der Waals surface area contributed by atoms with E-state index in [0.29, 0.717) is 19.5 Å². The highest BCUT2D eigenvalue weighted by atomic mass is 16.4. The first kappa shape index (κ1) is 20.3. The average Bonchev–Trinajstić information content (AvgIpc) is 2.39. The van der Waals surface area contributed by atoms with E-state index in [4.69, 9.17) is 28.0 Å². The average molecular weight is 276 g/mol. The Morgan fingerprint density at radius 1 is 1.00 bits per heavy atom. The van der Waals surface area contributed by atoms with Crippen molar-refractivity contribution in [2.45, 2.75) is 50.6 Å². The van der Waals surface area contributed by atoms with Crippen molar-refractivity contribution in [1.29, 1.82) is 0 Å². The fourth-order valence-electron chi connectivity index (χ4n) is 1.22. The Morgan fingerprint density at radius 2 is 1.47 bits per heavy atom. The Balaban J connectivity index is 0. The van der Waals surface area contributed by atoms with Gasteiger partial charge in [-0.3, -0.25) is 4.79 Å². The van der Waals surface area contributed by atoms with Crippen LogP contribution in [0.2, 0.25) is 0 Å². The summed E-state index contributed by atoms with van der Waals surface area (Å²) >= 11 is 0. The van der Waals surface area contributed by atoms with E-state index in [9.17, 15) is 9.59 Å². The Morgan fingerprint density at radius 3 is 1.84 bits per heavy atom. The molecule has 0 radical (unpaired) electrons. The first-order valence-electron chi connectivity index (χ1n) is 6.59. The number of unbranched alkanes of at least 4 members (excludes halogenated alkanes) is 2. The molecule has 0 aromatic rings. The maximum atomic E-state index is 10.1. The number of aliphatic carboxylic acids is 1. The van der Waals surface area contributed by atoms with Crippen molar-refractivity contribution in [3.63, 3.8) is 0 Å². The molecule has 0 amide bonds. The zero-order valence-corrected chi connectivity index (χ0v) is 11.5. The van der Waals surface area contributed by atoms with E-state index >= 15 is 0 Å². The molecule has 0 aromatic carbocycles. The molecule has 0 heterocycles. The van der Waals surface area contributed by atoms with Gasteiger partial charge in [-0.15, -0.1) is 0 Å². The molecule has 19 heavy (non-hydrogen) atoms. The van der Waals surface area contributed by atoms with Crippen LogP contribution in [0, 0.1) is 0 Å². The quantitative estimate of drug-likeness (QED) is 0.257. The maximum Gasteiger partial charge on any atom is 0.320 e. The van der Waals surface area contributed by atoms with Gasteiger partial charge < -0.3 is 32.8 Å². The number of rotatable bonds is 10. The van der Waals surface area contributed by atoms with Crippen LogP contribution in [0.15, 0.2) is 0 Å². The minimum absolute atomic E-state index is 0.281. The highest BCUT2D eigenvalue weighted by Crippen LogP contribution is 1.97. The first-order valence-corrected chi connectivity index (χ1v) is 6.59. The summed E-state index contributed by atoms with van der Waals surface area (Å²) in [7, 11) is 0. The van der Waals surface area contributed by atoms with Crippen LogP contribution in [0.4, 0.5) is 0 Å². The second-order valence-electron chi connectivity index (χ2n) is 4.31. The molecule has 0 aliphatic heterocycles. The van der Waals surface area contributed by atoms with E-state index in [1.54, 1.807) is 0 Å². The SMILES string of the molecule is NCCCC[C@H](N)C(=O)O.NCCCC[C@H](N)C=O. The number of aldehydes is 1. The van der Waals surface area contributed by atoms with E-state index in [1.807, 2.05) is 0 Å². The molecule has 0 unspecified atom stereocenters. The number of hydrogen-bond acceptors (Lipinski definition) is 6. The highest BCUT2D eigenvalue weighted by Gasteiger charge is 2.09. The summed E-state index contributed by atoms with van der Waals surface area (Å²) in [6.07, 6.45) is 5.62. The highest BCUT2D eigenvalue weighted by molar-refractivity contribution is 5.72. The van der Waals surface area contributed by atoms with Gasteiger partial charge in [-0.1, -0.05) is 12.8 Å². The van der Waals surface area contributed by atoms with Crippen molar-refractivity contribution >= 4 is 12.3 Å². The number of hydrogen-bond donors (Lipinski definition) is 5. The molecule has 2 atom stereocenters. The summed E-state index contributed by atoms with van der Waals surface area (Å²) in [5, 5.41) is 8.33. The summed E-state index contributed by atoms with van der Waals surface area (Å²) in [5.41, 5.74) is 21.0. The van der Waals surface area contributed by atoms with E-state index < -0.39 is 12.0 Å². The van der Waals surface area contributed by atoms with Gasteiger partial charge in [-0.2, -0.15) is 0 Å². The molecule has 7 nitrogen and oxygen atoms in total. The second kappa shape index (κ2) is 15.0.